The number of benzene rings is 13. The Bertz CT molecular complexity index is 3970. The number of para-hydroxylation sites is 2. The van der Waals surface area contributed by atoms with Crippen molar-refractivity contribution in [3.8, 4) is 22.3 Å². The second-order valence-electron chi connectivity index (χ2n) is 19.2. The van der Waals surface area contributed by atoms with E-state index < -0.39 is 5.41 Å². The third kappa shape index (κ3) is 6.87. The summed E-state index contributed by atoms with van der Waals surface area (Å²) in [6, 6.07) is 108. The van der Waals surface area contributed by atoms with E-state index in [9.17, 15) is 0 Å². The first-order valence-corrected chi connectivity index (χ1v) is 25.2. The van der Waals surface area contributed by atoms with Crippen molar-refractivity contribution in [1.82, 2.24) is 0 Å². The number of rotatable bonds is 9. The summed E-state index contributed by atoms with van der Waals surface area (Å²) in [4.78, 5) is 4.94. The SMILES string of the molecule is c1ccc(-c2ccc(C3(c4ccccc4)c4cc(N(c5ccccc5)c5cc6ccccc6c6ccccc56)ccc4-c4ccc(N(c5ccccc5)c5cc6ccccc6c6ccccc56)cc43)cc2)cc1. The van der Waals surface area contributed by atoms with Crippen molar-refractivity contribution in [2.75, 3.05) is 9.80 Å². The molecule has 13 aromatic rings. The lowest BCUT2D eigenvalue weighted by Crippen LogP contribution is -2.29. The van der Waals surface area contributed by atoms with E-state index in [1.54, 1.807) is 0 Å². The fourth-order valence-electron chi connectivity index (χ4n) is 12.0. The first-order valence-electron chi connectivity index (χ1n) is 25.2. The van der Waals surface area contributed by atoms with Gasteiger partial charge in [-0.05, 0) is 137 Å². The predicted molar refractivity (Wildman–Crippen MR) is 309 cm³/mol. The van der Waals surface area contributed by atoms with Crippen molar-refractivity contribution >= 4 is 77.2 Å². The standard InChI is InChI=1S/C71H48N2/c1-5-21-49(22-6-1)50-37-39-54(40-38-50)71(53-25-7-2-8-26-53)67-47-57(72(55-27-9-3-10-28-55)69-45-51-23-13-15-31-59(51)61-33-17-19-35-65(61)69)41-43-63(67)64-44-42-58(48-68(64)71)73(56-29-11-4-12-30-56)70-46-52-24-14-16-32-60(52)62-34-18-20-36-66(62)70/h1-48H. The van der Waals surface area contributed by atoms with E-state index in [1.807, 2.05) is 0 Å². The van der Waals surface area contributed by atoms with Crippen LogP contribution < -0.4 is 9.80 Å². The average molecular weight is 929 g/mol. The van der Waals surface area contributed by atoms with Crippen molar-refractivity contribution in [3.63, 3.8) is 0 Å². The largest absolute Gasteiger partial charge is 0.310 e. The lowest BCUT2D eigenvalue weighted by atomic mass is 9.67. The number of anilines is 6. The van der Waals surface area contributed by atoms with Gasteiger partial charge in [0.05, 0.1) is 16.8 Å². The summed E-state index contributed by atoms with van der Waals surface area (Å²) in [5, 5.41) is 9.78. The summed E-state index contributed by atoms with van der Waals surface area (Å²) in [5.41, 5.74) is 15.6. The molecule has 0 atom stereocenters. The fraction of sp³-hybridized carbons (Fsp3) is 0.0141. The van der Waals surface area contributed by atoms with Crippen molar-refractivity contribution in [1.29, 1.82) is 0 Å². The first-order chi connectivity index (χ1) is 36.2. The summed E-state index contributed by atoms with van der Waals surface area (Å²) in [7, 11) is 0. The molecule has 0 amide bonds. The van der Waals surface area contributed by atoms with Gasteiger partial charge in [0.2, 0.25) is 0 Å². The Morgan fingerprint density at radius 1 is 0.233 bits per heavy atom. The van der Waals surface area contributed by atoms with Gasteiger partial charge in [0.1, 0.15) is 0 Å². The quantitative estimate of drug-likeness (QED) is 0.133. The van der Waals surface area contributed by atoms with Crippen LogP contribution in [0.15, 0.2) is 291 Å². The number of fused-ring (bicyclic) bond motifs is 9. The molecule has 0 spiro atoms. The Kier molecular flexibility index (Phi) is 10.1. The molecule has 0 aliphatic heterocycles. The van der Waals surface area contributed by atoms with Gasteiger partial charge in [-0.15, -0.1) is 0 Å². The smallest absolute Gasteiger partial charge is 0.0715 e. The Balaban J connectivity index is 1.06. The van der Waals surface area contributed by atoms with Gasteiger partial charge in [-0.1, -0.05) is 231 Å². The summed E-state index contributed by atoms with van der Waals surface area (Å²) in [6.07, 6.45) is 0. The fourth-order valence-corrected chi connectivity index (χ4v) is 12.0. The van der Waals surface area contributed by atoms with Crippen LogP contribution in [0.5, 0.6) is 0 Å². The second-order valence-corrected chi connectivity index (χ2v) is 19.2. The minimum Gasteiger partial charge on any atom is -0.310 e. The van der Waals surface area contributed by atoms with Gasteiger partial charge in [0.15, 0.2) is 0 Å². The molecular weight excluding hydrogens is 881 g/mol. The molecular formula is C71H48N2. The van der Waals surface area contributed by atoms with E-state index >= 15 is 0 Å². The monoisotopic (exact) mass is 928 g/mol. The maximum Gasteiger partial charge on any atom is 0.0715 e. The Labute approximate surface area is 425 Å². The normalized spacial score (nSPS) is 12.5. The average Bonchev–Trinajstić information content (AvgIpc) is 3.76. The topological polar surface area (TPSA) is 6.48 Å². The molecule has 0 N–H and O–H groups in total. The van der Waals surface area contributed by atoms with E-state index in [1.165, 1.54) is 87.6 Å². The summed E-state index contributed by atoms with van der Waals surface area (Å²) in [6.45, 7) is 0. The van der Waals surface area contributed by atoms with E-state index in [0.717, 1.165) is 34.1 Å². The number of hydrogen-bond acceptors (Lipinski definition) is 2. The number of nitrogens with zero attached hydrogens (tertiary/aromatic N) is 2. The van der Waals surface area contributed by atoms with Crippen molar-refractivity contribution in [2.24, 2.45) is 0 Å². The molecule has 14 rings (SSSR count). The van der Waals surface area contributed by atoms with Crippen LogP contribution in [0, 0.1) is 0 Å². The van der Waals surface area contributed by atoms with Gasteiger partial charge in [0, 0.05) is 33.5 Å². The lowest BCUT2D eigenvalue weighted by molar-refractivity contribution is 0.768. The van der Waals surface area contributed by atoms with Crippen LogP contribution in [-0.4, -0.2) is 0 Å². The molecule has 2 heteroatoms. The van der Waals surface area contributed by atoms with Gasteiger partial charge in [0.25, 0.3) is 0 Å². The summed E-state index contributed by atoms with van der Waals surface area (Å²) >= 11 is 0. The second kappa shape index (κ2) is 17.4. The van der Waals surface area contributed by atoms with E-state index in [4.69, 9.17) is 0 Å². The molecule has 0 heterocycles. The van der Waals surface area contributed by atoms with Crippen LogP contribution in [0.4, 0.5) is 34.1 Å². The van der Waals surface area contributed by atoms with E-state index in [-0.39, 0.29) is 0 Å². The lowest BCUT2D eigenvalue weighted by Gasteiger charge is -2.36. The minimum atomic E-state index is -0.727. The predicted octanol–water partition coefficient (Wildman–Crippen LogP) is 19.3. The van der Waals surface area contributed by atoms with Crippen molar-refractivity contribution in [3.05, 3.63) is 313 Å². The maximum absolute atomic E-state index is 2.50. The minimum absolute atomic E-state index is 0.727. The molecule has 73 heavy (non-hydrogen) atoms. The molecule has 0 unspecified atom stereocenters. The molecule has 0 fully saturated rings. The van der Waals surface area contributed by atoms with Crippen LogP contribution in [0.3, 0.4) is 0 Å². The zero-order chi connectivity index (χ0) is 48.3. The van der Waals surface area contributed by atoms with E-state index in [2.05, 4.69) is 301 Å². The molecule has 0 aromatic heterocycles. The molecule has 0 saturated carbocycles. The Morgan fingerprint density at radius 2 is 0.589 bits per heavy atom. The molecule has 2 nitrogen and oxygen atoms in total. The van der Waals surface area contributed by atoms with Gasteiger partial charge < -0.3 is 9.80 Å². The Hall–Kier alpha value is -9.50. The van der Waals surface area contributed by atoms with Gasteiger partial charge in [-0.3, -0.25) is 0 Å². The molecule has 0 saturated heterocycles. The van der Waals surface area contributed by atoms with Gasteiger partial charge in [-0.25, -0.2) is 0 Å². The summed E-state index contributed by atoms with van der Waals surface area (Å²) in [5.74, 6) is 0. The molecule has 0 bridgehead atoms. The van der Waals surface area contributed by atoms with Crippen molar-refractivity contribution < 1.29 is 0 Å². The van der Waals surface area contributed by atoms with Crippen LogP contribution in [0.25, 0.3) is 65.3 Å². The third-order valence-electron chi connectivity index (χ3n) is 15.3. The zero-order valence-electron chi connectivity index (χ0n) is 40.1. The highest BCUT2D eigenvalue weighted by atomic mass is 15.2. The van der Waals surface area contributed by atoms with Crippen LogP contribution in [-0.2, 0) is 5.41 Å². The highest BCUT2D eigenvalue weighted by Gasteiger charge is 2.47. The number of hydrogen-bond donors (Lipinski definition) is 0. The molecule has 342 valence electrons. The Morgan fingerprint density at radius 3 is 1.05 bits per heavy atom. The first kappa shape index (κ1) is 42.4. The highest BCUT2D eigenvalue weighted by Crippen LogP contribution is 2.59. The zero-order valence-corrected chi connectivity index (χ0v) is 40.1. The third-order valence-corrected chi connectivity index (χ3v) is 15.3. The van der Waals surface area contributed by atoms with Crippen molar-refractivity contribution in [2.45, 2.75) is 5.41 Å². The summed E-state index contributed by atoms with van der Waals surface area (Å²) < 4.78 is 0. The highest BCUT2D eigenvalue weighted by molar-refractivity contribution is 6.16. The molecule has 1 aliphatic carbocycles. The van der Waals surface area contributed by atoms with Gasteiger partial charge >= 0.3 is 0 Å². The maximum atomic E-state index is 2.50. The molecule has 13 aromatic carbocycles. The van der Waals surface area contributed by atoms with Crippen LogP contribution >= 0.6 is 0 Å². The van der Waals surface area contributed by atoms with Crippen LogP contribution in [0.1, 0.15) is 22.3 Å². The van der Waals surface area contributed by atoms with Crippen LogP contribution in [0.2, 0.25) is 0 Å². The van der Waals surface area contributed by atoms with E-state index in [0.29, 0.717) is 0 Å². The molecule has 0 radical (unpaired) electrons. The van der Waals surface area contributed by atoms with Gasteiger partial charge in [-0.2, -0.15) is 0 Å². The molecule has 1 aliphatic rings.